The highest BCUT2D eigenvalue weighted by molar-refractivity contribution is 6.30. The first kappa shape index (κ1) is 19.6. The molecule has 4 nitrogen and oxygen atoms in total. The van der Waals surface area contributed by atoms with E-state index < -0.39 is 23.7 Å². The molecule has 5 rings (SSSR count). The first-order chi connectivity index (χ1) is 15.0. The molecule has 0 fully saturated rings. The molecule has 31 heavy (non-hydrogen) atoms. The molecule has 0 saturated carbocycles. The minimum Gasteiger partial charge on any atom is -0.356 e. The summed E-state index contributed by atoms with van der Waals surface area (Å²) >= 11 is 6.08. The van der Waals surface area contributed by atoms with Gasteiger partial charge in [0.2, 0.25) is 0 Å². The third-order valence-electron chi connectivity index (χ3n) is 5.65. The average molecular weight is 438 g/mol. The van der Waals surface area contributed by atoms with Crippen LogP contribution < -0.4 is 5.32 Å². The van der Waals surface area contributed by atoms with Gasteiger partial charge in [-0.2, -0.15) is 0 Å². The molecule has 1 aliphatic heterocycles. The molecule has 2 N–H and O–H groups in total. The van der Waals surface area contributed by atoms with Crippen LogP contribution in [0.5, 0.6) is 0 Å². The van der Waals surface area contributed by atoms with E-state index in [1.807, 2.05) is 30.3 Å². The number of hydrogen-bond acceptors (Lipinski definition) is 1. The van der Waals surface area contributed by atoms with Gasteiger partial charge in [0, 0.05) is 34.2 Å². The summed E-state index contributed by atoms with van der Waals surface area (Å²) in [6.45, 7) is 0.422. The Labute approximate surface area is 182 Å². The van der Waals surface area contributed by atoms with Gasteiger partial charge >= 0.3 is 6.03 Å². The summed E-state index contributed by atoms with van der Waals surface area (Å²) in [5, 5.41) is 4.24. The highest BCUT2D eigenvalue weighted by atomic mass is 35.5. The lowest BCUT2D eigenvalue weighted by Gasteiger charge is -2.36. The van der Waals surface area contributed by atoms with E-state index in [0.717, 1.165) is 45.9 Å². The lowest BCUT2D eigenvalue weighted by Crippen LogP contribution is -2.43. The van der Waals surface area contributed by atoms with E-state index in [9.17, 15) is 13.6 Å². The van der Waals surface area contributed by atoms with Gasteiger partial charge in [-0.1, -0.05) is 41.9 Å². The number of benzene rings is 3. The van der Waals surface area contributed by atoms with Crippen LogP contribution in [0.4, 0.5) is 19.3 Å². The van der Waals surface area contributed by atoms with Crippen LogP contribution in [-0.2, 0) is 6.42 Å². The number of nitrogens with one attached hydrogen (secondary N) is 2. The lowest BCUT2D eigenvalue weighted by atomic mass is 9.92. The van der Waals surface area contributed by atoms with Crippen LogP contribution >= 0.6 is 11.6 Å². The van der Waals surface area contributed by atoms with Crippen LogP contribution in [0.3, 0.4) is 0 Å². The fraction of sp³-hybridized carbons (Fsp3) is 0.125. The molecule has 2 amide bonds. The van der Waals surface area contributed by atoms with Gasteiger partial charge in [-0.3, -0.25) is 0 Å². The van der Waals surface area contributed by atoms with E-state index in [1.165, 1.54) is 0 Å². The smallest absolute Gasteiger partial charge is 0.322 e. The van der Waals surface area contributed by atoms with Gasteiger partial charge in [0.05, 0.1) is 11.7 Å². The van der Waals surface area contributed by atoms with Crippen molar-refractivity contribution in [3.05, 3.63) is 100 Å². The molecule has 0 bridgehead atoms. The standard InChI is InChI=1S/C24H18ClF2N3O/c25-15-7-5-14(6-8-15)23-22-18(17-3-1-2-4-20(17)28-22)11-12-30(23)24(31)29-21-13-16(26)9-10-19(21)27/h1-10,13,23,28H,11-12H2,(H,29,31)/t23-/m0/s1. The lowest BCUT2D eigenvalue weighted by molar-refractivity contribution is 0.193. The van der Waals surface area contributed by atoms with Crippen molar-refractivity contribution in [1.29, 1.82) is 0 Å². The Hall–Kier alpha value is -3.38. The van der Waals surface area contributed by atoms with E-state index in [4.69, 9.17) is 11.6 Å². The number of anilines is 1. The highest BCUT2D eigenvalue weighted by Crippen LogP contribution is 2.39. The summed E-state index contributed by atoms with van der Waals surface area (Å²) in [4.78, 5) is 18.3. The topological polar surface area (TPSA) is 48.1 Å². The van der Waals surface area contributed by atoms with Crippen LogP contribution in [-0.4, -0.2) is 22.5 Å². The maximum absolute atomic E-state index is 14.1. The average Bonchev–Trinajstić information content (AvgIpc) is 3.15. The number of carbonyl (C=O) groups excluding carboxylic acids is 1. The van der Waals surface area contributed by atoms with Crippen molar-refractivity contribution in [1.82, 2.24) is 9.88 Å². The minimum atomic E-state index is -0.693. The SMILES string of the molecule is O=C(Nc1cc(F)ccc1F)N1CCc2c([nH]c3ccccc23)[C@@H]1c1ccc(Cl)cc1. The molecule has 0 saturated heterocycles. The number of rotatable bonds is 2. The van der Waals surface area contributed by atoms with Gasteiger partial charge in [-0.05, 0) is 47.9 Å². The number of para-hydroxylation sites is 1. The molecule has 7 heteroatoms. The molecule has 0 unspecified atom stereocenters. The van der Waals surface area contributed by atoms with Crippen LogP contribution in [0, 0.1) is 11.6 Å². The van der Waals surface area contributed by atoms with E-state index in [-0.39, 0.29) is 5.69 Å². The maximum Gasteiger partial charge on any atom is 0.322 e. The fourth-order valence-electron chi connectivity index (χ4n) is 4.23. The molecule has 0 spiro atoms. The number of aromatic amines is 1. The Balaban J connectivity index is 1.58. The first-order valence-corrected chi connectivity index (χ1v) is 10.3. The van der Waals surface area contributed by atoms with Crippen LogP contribution in [0.1, 0.15) is 22.9 Å². The molecule has 3 aromatic carbocycles. The molecule has 1 aromatic heterocycles. The Morgan fingerprint density at radius 2 is 1.84 bits per heavy atom. The molecular formula is C24H18ClF2N3O. The highest BCUT2D eigenvalue weighted by Gasteiger charge is 2.34. The van der Waals surface area contributed by atoms with E-state index in [0.29, 0.717) is 18.0 Å². The van der Waals surface area contributed by atoms with Crippen LogP contribution in [0.15, 0.2) is 66.7 Å². The van der Waals surface area contributed by atoms with E-state index in [2.05, 4.69) is 16.4 Å². The molecule has 156 valence electrons. The quantitative estimate of drug-likeness (QED) is 0.381. The number of aromatic nitrogens is 1. The monoisotopic (exact) mass is 437 g/mol. The normalized spacial score (nSPS) is 15.7. The van der Waals surface area contributed by atoms with E-state index in [1.54, 1.807) is 17.0 Å². The molecule has 4 aromatic rings. The van der Waals surface area contributed by atoms with Crippen molar-refractivity contribution < 1.29 is 13.6 Å². The minimum absolute atomic E-state index is 0.192. The van der Waals surface area contributed by atoms with Gasteiger partial charge in [-0.25, -0.2) is 13.6 Å². The zero-order chi connectivity index (χ0) is 21.5. The van der Waals surface area contributed by atoms with Crippen molar-refractivity contribution in [3.8, 4) is 0 Å². The summed E-state index contributed by atoms with van der Waals surface area (Å²) in [6.07, 6.45) is 0.641. The predicted octanol–water partition coefficient (Wildman–Crippen LogP) is 6.28. The van der Waals surface area contributed by atoms with Gasteiger partial charge in [-0.15, -0.1) is 0 Å². The van der Waals surface area contributed by atoms with Crippen molar-refractivity contribution in [2.45, 2.75) is 12.5 Å². The molecule has 0 aliphatic carbocycles. The summed E-state index contributed by atoms with van der Waals surface area (Å²) < 4.78 is 27.7. The summed E-state index contributed by atoms with van der Waals surface area (Å²) in [7, 11) is 0. The number of urea groups is 1. The maximum atomic E-state index is 14.1. The van der Waals surface area contributed by atoms with Crippen molar-refractivity contribution in [2.24, 2.45) is 0 Å². The largest absolute Gasteiger partial charge is 0.356 e. The zero-order valence-corrected chi connectivity index (χ0v) is 17.1. The number of H-pyrrole nitrogens is 1. The second-order valence-corrected chi connectivity index (χ2v) is 7.95. The van der Waals surface area contributed by atoms with Crippen LogP contribution in [0.2, 0.25) is 5.02 Å². The van der Waals surface area contributed by atoms with Crippen LogP contribution in [0.25, 0.3) is 10.9 Å². The molecule has 0 radical (unpaired) electrons. The van der Waals surface area contributed by atoms with Gasteiger partial charge in [0.1, 0.15) is 11.6 Å². The third kappa shape index (κ3) is 3.53. The fourth-order valence-corrected chi connectivity index (χ4v) is 4.36. The van der Waals surface area contributed by atoms with Crippen molar-refractivity contribution in [3.63, 3.8) is 0 Å². The predicted molar refractivity (Wildman–Crippen MR) is 117 cm³/mol. The number of carbonyl (C=O) groups is 1. The van der Waals surface area contributed by atoms with Gasteiger partial charge < -0.3 is 15.2 Å². The summed E-state index contributed by atoms with van der Waals surface area (Å²) in [5.41, 5.74) is 3.72. The second-order valence-electron chi connectivity index (χ2n) is 7.51. The molecule has 1 atom stereocenters. The number of nitrogens with zero attached hydrogens (tertiary/aromatic N) is 1. The Bertz CT molecular complexity index is 1290. The molecule has 1 aliphatic rings. The molecule has 2 heterocycles. The summed E-state index contributed by atoms with van der Waals surface area (Å²) in [6, 6.07) is 17.3. The number of hydrogen-bond donors (Lipinski definition) is 2. The van der Waals surface area contributed by atoms with Gasteiger partial charge in [0.15, 0.2) is 0 Å². The third-order valence-corrected chi connectivity index (χ3v) is 5.90. The van der Waals surface area contributed by atoms with Crippen molar-refractivity contribution in [2.75, 3.05) is 11.9 Å². The Morgan fingerprint density at radius 3 is 2.65 bits per heavy atom. The Kier molecular flexibility index (Phi) is 4.87. The van der Waals surface area contributed by atoms with Crippen molar-refractivity contribution >= 4 is 34.2 Å². The first-order valence-electron chi connectivity index (χ1n) is 9.89. The van der Waals surface area contributed by atoms with E-state index >= 15 is 0 Å². The number of fused-ring (bicyclic) bond motifs is 3. The Morgan fingerprint density at radius 1 is 1.06 bits per heavy atom. The second kappa shape index (κ2) is 7.71. The molecular weight excluding hydrogens is 420 g/mol. The zero-order valence-electron chi connectivity index (χ0n) is 16.3. The van der Waals surface area contributed by atoms with Gasteiger partial charge in [0.25, 0.3) is 0 Å². The number of amides is 2. The summed E-state index contributed by atoms with van der Waals surface area (Å²) in [5.74, 6) is -1.32. The number of halogens is 3.